The van der Waals surface area contributed by atoms with E-state index in [1.807, 2.05) is 0 Å². The number of aromatic amines is 1. The Kier molecular flexibility index (Phi) is 3.18. The maximum atomic E-state index is 11.3. The monoisotopic (exact) mass is 308 g/mol. The van der Waals surface area contributed by atoms with Crippen molar-refractivity contribution in [3.63, 3.8) is 0 Å². The first-order valence-corrected chi connectivity index (χ1v) is 5.28. The standard InChI is InChI=1S/C9H13IN2O2/c1-9(2,3)7-5(10)6(11-12-7)8(13)14-4/h1-4H3,(H,11,12). The summed E-state index contributed by atoms with van der Waals surface area (Å²) in [5.41, 5.74) is 1.27. The molecule has 0 aromatic carbocycles. The summed E-state index contributed by atoms with van der Waals surface area (Å²) >= 11 is 2.11. The third-order valence-corrected chi connectivity index (χ3v) is 2.89. The van der Waals surface area contributed by atoms with Crippen molar-refractivity contribution in [2.75, 3.05) is 7.11 Å². The van der Waals surface area contributed by atoms with Gasteiger partial charge in [0, 0.05) is 5.41 Å². The van der Waals surface area contributed by atoms with Crippen LogP contribution in [0.5, 0.6) is 0 Å². The molecule has 0 bridgehead atoms. The fourth-order valence-corrected chi connectivity index (χ4v) is 2.33. The van der Waals surface area contributed by atoms with Crippen molar-refractivity contribution in [2.45, 2.75) is 26.2 Å². The molecule has 1 aromatic rings. The molecule has 14 heavy (non-hydrogen) atoms. The molecule has 0 saturated carbocycles. The van der Waals surface area contributed by atoms with Gasteiger partial charge >= 0.3 is 5.97 Å². The Bertz CT molecular complexity index is 352. The minimum absolute atomic E-state index is 0.0458. The lowest BCUT2D eigenvalue weighted by Crippen LogP contribution is -2.13. The van der Waals surface area contributed by atoms with Crippen molar-refractivity contribution in [3.8, 4) is 0 Å². The van der Waals surface area contributed by atoms with E-state index in [-0.39, 0.29) is 5.41 Å². The van der Waals surface area contributed by atoms with Gasteiger partial charge in [0.1, 0.15) is 0 Å². The van der Waals surface area contributed by atoms with Gasteiger partial charge in [0.2, 0.25) is 0 Å². The van der Waals surface area contributed by atoms with E-state index < -0.39 is 5.97 Å². The predicted molar refractivity (Wildman–Crippen MR) is 61.3 cm³/mol. The number of hydrogen-bond acceptors (Lipinski definition) is 3. The maximum Gasteiger partial charge on any atom is 0.359 e. The quantitative estimate of drug-likeness (QED) is 0.638. The SMILES string of the molecule is COC(=O)c1n[nH]c(C(C)(C)C)c1I. The summed E-state index contributed by atoms with van der Waals surface area (Å²) in [4.78, 5) is 11.3. The van der Waals surface area contributed by atoms with E-state index in [9.17, 15) is 4.79 Å². The molecule has 4 nitrogen and oxygen atoms in total. The lowest BCUT2D eigenvalue weighted by molar-refractivity contribution is 0.0593. The molecule has 0 saturated heterocycles. The molecule has 0 unspecified atom stereocenters. The van der Waals surface area contributed by atoms with E-state index in [1.165, 1.54) is 7.11 Å². The van der Waals surface area contributed by atoms with Crippen molar-refractivity contribution in [1.29, 1.82) is 0 Å². The Morgan fingerprint density at radius 1 is 1.50 bits per heavy atom. The van der Waals surface area contributed by atoms with Gasteiger partial charge in [-0.15, -0.1) is 0 Å². The van der Waals surface area contributed by atoms with Gasteiger partial charge in [0.25, 0.3) is 0 Å². The average molecular weight is 308 g/mol. The zero-order valence-corrected chi connectivity index (χ0v) is 10.8. The second-order valence-electron chi connectivity index (χ2n) is 4.00. The highest BCUT2D eigenvalue weighted by molar-refractivity contribution is 14.1. The molecule has 0 atom stereocenters. The van der Waals surface area contributed by atoms with Crippen LogP contribution in [0.4, 0.5) is 0 Å². The molecule has 0 amide bonds. The van der Waals surface area contributed by atoms with Gasteiger partial charge in [0.15, 0.2) is 5.69 Å². The van der Waals surface area contributed by atoms with E-state index in [0.29, 0.717) is 5.69 Å². The van der Waals surface area contributed by atoms with Gasteiger partial charge in [-0.2, -0.15) is 5.10 Å². The Morgan fingerprint density at radius 3 is 2.43 bits per heavy atom. The summed E-state index contributed by atoms with van der Waals surface area (Å²) in [7, 11) is 1.35. The number of esters is 1. The fraction of sp³-hybridized carbons (Fsp3) is 0.556. The molecule has 1 heterocycles. The number of halogens is 1. The van der Waals surface area contributed by atoms with Crippen LogP contribution in [0.1, 0.15) is 37.0 Å². The molecular weight excluding hydrogens is 295 g/mol. The molecule has 5 heteroatoms. The number of H-pyrrole nitrogens is 1. The van der Waals surface area contributed by atoms with Crippen LogP contribution < -0.4 is 0 Å². The minimum atomic E-state index is -0.402. The number of ether oxygens (including phenoxy) is 1. The number of carbonyl (C=O) groups excluding carboxylic acids is 1. The molecule has 1 N–H and O–H groups in total. The van der Waals surface area contributed by atoms with Crippen molar-refractivity contribution in [3.05, 3.63) is 15.0 Å². The molecule has 0 aliphatic rings. The Hall–Kier alpha value is -0.590. The third kappa shape index (κ3) is 2.08. The van der Waals surface area contributed by atoms with Crippen LogP contribution in [-0.4, -0.2) is 23.3 Å². The van der Waals surface area contributed by atoms with Gasteiger partial charge < -0.3 is 4.74 Å². The highest BCUT2D eigenvalue weighted by Gasteiger charge is 2.25. The van der Waals surface area contributed by atoms with E-state index >= 15 is 0 Å². The molecule has 0 aliphatic carbocycles. The number of rotatable bonds is 1. The molecule has 1 aromatic heterocycles. The van der Waals surface area contributed by atoms with E-state index in [2.05, 4.69) is 58.3 Å². The number of carbonyl (C=O) groups is 1. The normalized spacial score (nSPS) is 11.5. The van der Waals surface area contributed by atoms with Crippen LogP contribution in [-0.2, 0) is 10.2 Å². The largest absolute Gasteiger partial charge is 0.464 e. The number of nitrogens with zero attached hydrogens (tertiary/aromatic N) is 1. The third-order valence-electron chi connectivity index (χ3n) is 1.84. The summed E-state index contributed by atoms with van der Waals surface area (Å²) in [5.74, 6) is -0.402. The van der Waals surface area contributed by atoms with Gasteiger partial charge in [-0.1, -0.05) is 20.8 Å². The number of nitrogens with one attached hydrogen (secondary N) is 1. The Balaban J connectivity index is 3.15. The molecule has 0 spiro atoms. The van der Waals surface area contributed by atoms with Crippen LogP contribution in [0, 0.1) is 3.57 Å². The van der Waals surface area contributed by atoms with Gasteiger partial charge in [0.05, 0.1) is 16.4 Å². The van der Waals surface area contributed by atoms with Crippen molar-refractivity contribution in [2.24, 2.45) is 0 Å². The lowest BCUT2D eigenvalue weighted by Gasteiger charge is -2.16. The van der Waals surface area contributed by atoms with E-state index in [1.54, 1.807) is 0 Å². The van der Waals surface area contributed by atoms with Crippen molar-refractivity contribution >= 4 is 28.6 Å². The predicted octanol–water partition coefficient (Wildman–Crippen LogP) is 2.10. The van der Waals surface area contributed by atoms with Crippen molar-refractivity contribution in [1.82, 2.24) is 10.2 Å². The summed E-state index contributed by atoms with van der Waals surface area (Å²) < 4.78 is 5.45. The summed E-state index contributed by atoms with van der Waals surface area (Å²) in [6.07, 6.45) is 0. The molecule has 1 rings (SSSR count). The molecule has 0 aliphatic heterocycles. The van der Waals surface area contributed by atoms with Crippen LogP contribution in [0.3, 0.4) is 0 Å². The van der Waals surface area contributed by atoms with Crippen LogP contribution in [0.15, 0.2) is 0 Å². The Labute approximate surface area is 96.6 Å². The smallest absolute Gasteiger partial charge is 0.359 e. The topological polar surface area (TPSA) is 55.0 Å². The second kappa shape index (κ2) is 3.88. The molecule has 0 radical (unpaired) electrons. The lowest BCUT2D eigenvalue weighted by atomic mass is 9.92. The average Bonchev–Trinajstić information content (AvgIpc) is 2.45. The summed E-state index contributed by atoms with van der Waals surface area (Å²) in [5, 5.41) is 6.82. The minimum Gasteiger partial charge on any atom is -0.464 e. The first-order chi connectivity index (χ1) is 6.38. The van der Waals surface area contributed by atoms with E-state index in [0.717, 1.165) is 9.26 Å². The van der Waals surface area contributed by atoms with E-state index in [4.69, 9.17) is 0 Å². The van der Waals surface area contributed by atoms with Gasteiger partial charge in [-0.3, -0.25) is 5.10 Å². The highest BCUT2D eigenvalue weighted by atomic mass is 127. The first-order valence-electron chi connectivity index (χ1n) is 4.20. The van der Waals surface area contributed by atoms with Crippen LogP contribution in [0.2, 0.25) is 0 Å². The van der Waals surface area contributed by atoms with Crippen molar-refractivity contribution < 1.29 is 9.53 Å². The first kappa shape index (κ1) is 11.5. The zero-order chi connectivity index (χ0) is 10.9. The zero-order valence-electron chi connectivity index (χ0n) is 8.64. The maximum absolute atomic E-state index is 11.3. The molecule has 78 valence electrons. The molecule has 0 fully saturated rings. The molecular formula is C9H13IN2O2. The number of aromatic nitrogens is 2. The number of methoxy groups -OCH3 is 1. The Morgan fingerprint density at radius 2 is 2.07 bits per heavy atom. The summed E-state index contributed by atoms with van der Waals surface area (Å²) in [6.45, 7) is 6.18. The van der Waals surface area contributed by atoms with Gasteiger partial charge in [-0.05, 0) is 22.6 Å². The highest BCUT2D eigenvalue weighted by Crippen LogP contribution is 2.27. The van der Waals surface area contributed by atoms with Gasteiger partial charge in [-0.25, -0.2) is 4.79 Å². The number of hydrogen-bond donors (Lipinski definition) is 1. The fourth-order valence-electron chi connectivity index (χ4n) is 1.06. The second-order valence-corrected chi connectivity index (χ2v) is 5.08. The van der Waals surface area contributed by atoms with Crippen LogP contribution >= 0.6 is 22.6 Å². The van der Waals surface area contributed by atoms with Crippen LogP contribution in [0.25, 0.3) is 0 Å². The summed E-state index contributed by atoms with van der Waals surface area (Å²) in [6, 6.07) is 0.